The lowest BCUT2D eigenvalue weighted by Crippen LogP contribution is -2.36. The van der Waals surface area contributed by atoms with E-state index in [1.165, 1.54) is 12.8 Å². The number of nitrogens with one attached hydrogen (secondary N) is 1. The molecule has 0 radical (unpaired) electrons. The van der Waals surface area contributed by atoms with E-state index in [2.05, 4.69) is 21.2 Å². The minimum atomic E-state index is -0.221. The Morgan fingerprint density at radius 2 is 2.10 bits per heavy atom. The Kier molecular flexibility index (Phi) is 4.46. The molecule has 0 aromatic heterocycles. The molecule has 1 atom stereocenters. The van der Waals surface area contributed by atoms with Gasteiger partial charge in [-0.05, 0) is 41.7 Å². The van der Waals surface area contributed by atoms with Crippen LogP contribution in [-0.2, 0) is 6.42 Å². The molecule has 1 unspecified atom stereocenters. The lowest BCUT2D eigenvalue weighted by atomic mass is 9.96. The lowest BCUT2D eigenvalue weighted by Gasteiger charge is -2.25. The molecule has 2 aliphatic rings. The zero-order chi connectivity index (χ0) is 13.9. The minimum absolute atomic E-state index is 0.221. The van der Waals surface area contributed by atoms with Gasteiger partial charge in [-0.3, -0.25) is 0 Å². The maximum atomic E-state index is 14.5. The van der Waals surface area contributed by atoms with Gasteiger partial charge in [-0.15, -0.1) is 0 Å². The van der Waals surface area contributed by atoms with Crippen LogP contribution in [0.3, 0.4) is 0 Å². The Morgan fingerprint density at radius 1 is 1.25 bits per heavy atom. The molecule has 2 heterocycles. The average Bonchev–Trinajstić information content (AvgIpc) is 2.70. The van der Waals surface area contributed by atoms with Gasteiger partial charge < -0.3 is 14.8 Å². The Labute approximate surface area is 127 Å². The van der Waals surface area contributed by atoms with Crippen LogP contribution in [0.15, 0.2) is 10.5 Å². The SMILES string of the molecule is Fc1c(Br)cc2c(c1CC1CCCCN1)OCCCO2. The van der Waals surface area contributed by atoms with Crippen LogP contribution < -0.4 is 14.8 Å². The van der Waals surface area contributed by atoms with Crippen molar-refractivity contribution in [2.45, 2.75) is 38.1 Å². The summed E-state index contributed by atoms with van der Waals surface area (Å²) in [6.07, 6.45) is 4.97. The van der Waals surface area contributed by atoms with Gasteiger partial charge in [0.1, 0.15) is 5.82 Å². The first-order chi connectivity index (χ1) is 9.75. The van der Waals surface area contributed by atoms with Crippen molar-refractivity contribution >= 4 is 15.9 Å². The molecule has 5 heteroatoms. The molecule has 110 valence electrons. The molecule has 2 aliphatic heterocycles. The summed E-state index contributed by atoms with van der Waals surface area (Å²) in [7, 11) is 0. The Morgan fingerprint density at radius 3 is 2.90 bits per heavy atom. The van der Waals surface area contributed by atoms with E-state index in [0.717, 1.165) is 19.4 Å². The summed E-state index contributed by atoms with van der Waals surface area (Å²) in [6, 6.07) is 2.00. The zero-order valence-corrected chi connectivity index (χ0v) is 13.0. The Bertz CT molecular complexity index is 489. The van der Waals surface area contributed by atoms with Gasteiger partial charge in [0.2, 0.25) is 0 Å². The summed E-state index contributed by atoms with van der Waals surface area (Å²) in [6.45, 7) is 2.21. The molecule has 0 saturated carbocycles. The largest absolute Gasteiger partial charge is 0.490 e. The summed E-state index contributed by atoms with van der Waals surface area (Å²) in [5, 5.41) is 3.46. The molecule has 1 saturated heterocycles. The van der Waals surface area contributed by atoms with Gasteiger partial charge in [0.05, 0.1) is 17.7 Å². The summed E-state index contributed by atoms with van der Waals surface area (Å²) in [4.78, 5) is 0. The average molecular weight is 344 g/mol. The molecule has 1 fully saturated rings. The van der Waals surface area contributed by atoms with Crippen LogP contribution in [0.4, 0.5) is 4.39 Å². The number of benzene rings is 1. The van der Waals surface area contributed by atoms with Crippen molar-refractivity contribution in [1.29, 1.82) is 0 Å². The first-order valence-corrected chi connectivity index (χ1v) is 8.05. The van der Waals surface area contributed by atoms with Gasteiger partial charge in [-0.2, -0.15) is 0 Å². The smallest absolute Gasteiger partial charge is 0.167 e. The second-order valence-electron chi connectivity index (χ2n) is 5.38. The molecule has 1 N–H and O–H groups in total. The molecule has 3 rings (SSSR count). The van der Waals surface area contributed by atoms with Gasteiger partial charge in [-0.25, -0.2) is 4.39 Å². The normalized spacial score (nSPS) is 22.4. The highest BCUT2D eigenvalue weighted by Crippen LogP contribution is 2.40. The van der Waals surface area contributed by atoms with E-state index in [4.69, 9.17) is 9.47 Å². The first kappa shape index (κ1) is 14.1. The van der Waals surface area contributed by atoms with Crippen LogP contribution in [-0.4, -0.2) is 25.8 Å². The maximum absolute atomic E-state index is 14.5. The zero-order valence-electron chi connectivity index (χ0n) is 11.4. The van der Waals surface area contributed by atoms with Crippen molar-refractivity contribution < 1.29 is 13.9 Å². The molecular weight excluding hydrogens is 325 g/mol. The quantitative estimate of drug-likeness (QED) is 0.892. The van der Waals surface area contributed by atoms with Crippen molar-refractivity contribution in [3.8, 4) is 11.5 Å². The summed E-state index contributed by atoms with van der Waals surface area (Å²) >= 11 is 3.28. The summed E-state index contributed by atoms with van der Waals surface area (Å²) in [5.41, 5.74) is 0.635. The number of hydrogen-bond acceptors (Lipinski definition) is 3. The van der Waals surface area contributed by atoms with Crippen LogP contribution in [0.2, 0.25) is 0 Å². The predicted octanol–water partition coefficient (Wildman–Crippen LogP) is 3.43. The van der Waals surface area contributed by atoms with E-state index >= 15 is 0 Å². The lowest BCUT2D eigenvalue weighted by molar-refractivity contribution is 0.294. The van der Waals surface area contributed by atoms with Crippen molar-refractivity contribution in [3.63, 3.8) is 0 Å². The van der Waals surface area contributed by atoms with Crippen LogP contribution in [0.1, 0.15) is 31.2 Å². The first-order valence-electron chi connectivity index (χ1n) is 7.25. The van der Waals surface area contributed by atoms with E-state index in [1.807, 2.05) is 0 Å². The molecule has 0 aliphatic carbocycles. The third kappa shape index (κ3) is 2.93. The fourth-order valence-corrected chi connectivity index (χ4v) is 3.29. The number of halogens is 2. The fraction of sp³-hybridized carbons (Fsp3) is 0.600. The Balaban J connectivity index is 1.92. The van der Waals surface area contributed by atoms with Crippen molar-refractivity contribution in [2.24, 2.45) is 0 Å². The van der Waals surface area contributed by atoms with Crippen LogP contribution in [0.25, 0.3) is 0 Å². The van der Waals surface area contributed by atoms with Gasteiger partial charge in [0.15, 0.2) is 11.5 Å². The number of ether oxygens (including phenoxy) is 2. The number of piperidine rings is 1. The highest BCUT2D eigenvalue weighted by atomic mass is 79.9. The van der Waals surface area contributed by atoms with Crippen LogP contribution in [0, 0.1) is 5.82 Å². The number of hydrogen-bond donors (Lipinski definition) is 1. The molecule has 3 nitrogen and oxygen atoms in total. The second kappa shape index (κ2) is 6.31. The van der Waals surface area contributed by atoms with Crippen molar-refractivity contribution in [1.82, 2.24) is 5.32 Å². The molecule has 20 heavy (non-hydrogen) atoms. The Hall–Kier alpha value is -0.810. The summed E-state index contributed by atoms with van der Waals surface area (Å²) in [5.74, 6) is 1.03. The molecule has 1 aromatic rings. The van der Waals surface area contributed by atoms with Crippen LogP contribution >= 0.6 is 15.9 Å². The van der Waals surface area contributed by atoms with E-state index in [1.54, 1.807) is 6.07 Å². The van der Waals surface area contributed by atoms with Gasteiger partial charge >= 0.3 is 0 Å². The predicted molar refractivity (Wildman–Crippen MR) is 79.1 cm³/mol. The molecule has 0 bridgehead atoms. The molecule has 0 amide bonds. The van der Waals surface area contributed by atoms with Crippen molar-refractivity contribution in [2.75, 3.05) is 19.8 Å². The molecular formula is C15H19BrFNO2. The van der Waals surface area contributed by atoms with E-state index in [0.29, 0.717) is 47.2 Å². The highest BCUT2D eigenvalue weighted by Gasteiger charge is 2.24. The van der Waals surface area contributed by atoms with Gasteiger partial charge in [0.25, 0.3) is 0 Å². The highest BCUT2D eigenvalue weighted by molar-refractivity contribution is 9.10. The topological polar surface area (TPSA) is 30.5 Å². The standard InChI is InChI=1S/C15H19BrFNO2/c16-12-9-13-15(20-7-3-6-19-13)11(14(12)17)8-10-4-1-2-5-18-10/h9-10,18H,1-8H2. The maximum Gasteiger partial charge on any atom is 0.167 e. The van der Waals surface area contributed by atoms with Gasteiger partial charge in [-0.1, -0.05) is 6.42 Å². The number of rotatable bonds is 2. The molecule has 0 spiro atoms. The minimum Gasteiger partial charge on any atom is -0.490 e. The van der Waals surface area contributed by atoms with Crippen LogP contribution in [0.5, 0.6) is 11.5 Å². The summed E-state index contributed by atoms with van der Waals surface area (Å²) < 4.78 is 26.3. The monoisotopic (exact) mass is 343 g/mol. The van der Waals surface area contributed by atoms with E-state index < -0.39 is 0 Å². The van der Waals surface area contributed by atoms with E-state index in [-0.39, 0.29) is 5.82 Å². The number of fused-ring (bicyclic) bond motifs is 1. The molecule has 1 aromatic carbocycles. The fourth-order valence-electron chi connectivity index (χ4n) is 2.84. The third-order valence-electron chi connectivity index (χ3n) is 3.89. The van der Waals surface area contributed by atoms with Crippen molar-refractivity contribution in [3.05, 3.63) is 21.9 Å². The second-order valence-corrected chi connectivity index (χ2v) is 6.23. The van der Waals surface area contributed by atoms with E-state index in [9.17, 15) is 4.39 Å². The van der Waals surface area contributed by atoms with Gasteiger partial charge in [0, 0.05) is 24.1 Å². The third-order valence-corrected chi connectivity index (χ3v) is 4.46.